The topological polar surface area (TPSA) is 53.4 Å². The Labute approximate surface area is 110 Å². The lowest BCUT2D eigenvalue weighted by Gasteiger charge is -2.10. The quantitative estimate of drug-likeness (QED) is 0.615. The zero-order chi connectivity index (χ0) is 13.1. The van der Waals surface area contributed by atoms with E-state index in [0.29, 0.717) is 17.8 Å². The first-order valence-electron chi connectivity index (χ1n) is 5.66. The summed E-state index contributed by atoms with van der Waals surface area (Å²) in [7, 11) is 3.34. The minimum absolute atomic E-state index is 0.0146. The second-order valence-corrected chi connectivity index (χ2v) is 5.09. The van der Waals surface area contributed by atoms with Gasteiger partial charge in [0, 0.05) is 31.6 Å². The van der Waals surface area contributed by atoms with Gasteiger partial charge in [-0.25, -0.2) is 9.78 Å². The third kappa shape index (κ3) is 2.69. The lowest BCUT2D eigenvalue weighted by molar-refractivity contribution is -0.136. The van der Waals surface area contributed by atoms with Crippen LogP contribution in [-0.2, 0) is 21.3 Å². The van der Waals surface area contributed by atoms with Crippen molar-refractivity contribution in [2.75, 3.05) is 12.9 Å². The summed E-state index contributed by atoms with van der Waals surface area (Å²) < 4.78 is 12.3. The Hall–Kier alpha value is -1.43. The van der Waals surface area contributed by atoms with Crippen LogP contribution in [0.3, 0.4) is 0 Å². The van der Waals surface area contributed by atoms with Crippen molar-refractivity contribution in [2.24, 2.45) is 7.05 Å². The second kappa shape index (κ2) is 5.48. The molecule has 0 aromatic carbocycles. The largest absolute Gasteiger partial charge is 0.493 e. The number of hydrogen-bond acceptors (Lipinski definition) is 5. The molecule has 0 saturated carbocycles. The molecule has 0 saturated heterocycles. The molecule has 1 aliphatic heterocycles. The van der Waals surface area contributed by atoms with Gasteiger partial charge in [-0.3, -0.25) is 0 Å². The van der Waals surface area contributed by atoms with Gasteiger partial charge < -0.3 is 14.0 Å². The Morgan fingerprint density at radius 3 is 3.11 bits per heavy atom. The fourth-order valence-corrected chi connectivity index (χ4v) is 2.76. The van der Waals surface area contributed by atoms with Gasteiger partial charge in [0.15, 0.2) is 5.16 Å². The molecule has 0 bridgehead atoms. The number of thioether (sulfide) groups is 1. The zero-order valence-corrected chi connectivity index (χ0v) is 11.5. The van der Waals surface area contributed by atoms with Gasteiger partial charge in [-0.2, -0.15) is 0 Å². The number of allylic oxidation sites excluding steroid dienone is 1. The molecular formula is C12H16N2O3S. The smallest absolute Gasteiger partial charge is 0.337 e. The first kappa shape index (κ1) is 13.0. The van der Waals surface area contributed by atoms with Crippen LogP contribution in [0.15, 0.2) is 28.9 Å². The monoisotopic (exact) mass is 268 g/mol. The number of carbonyl (C=O) groups is 1. The summed E-state index contributed by atoms with van der Waals surface area (Å²) in [5, 5.41) is 0.947. The molecule has 6 heteroatoms. The van der Waals surface area contributed by atoms with Gasteiger partial charge in [-0.05, 0) is 6.92 Å². The zero-order valence-electron chi connectivity index (χ0n) is 10.7. The Bertz CT molecular complexity index is 481. The standard InChI is InChI=1S/C12H16N2O3S/c1-8-10(11(15)16-3)6-9(17-8)7-18-12-13-4-5-14(12)2/h4-5,9H,6-7H2,1-3H3/t9-/m0/s1. The number of aromatic nitrogens is 2. The van der Waals surface area contributed by atoms with Gasteiger partial charge in [-0.1, -0.05) is 11.8 Å². The number of carbonyl (C=O) groups excluding carboxylic acids is 1. The molecule has 0 spiro atoms. The molecule has 2 rings (SSSR count). The van der Waals surface area contributed by atoms with Crippen LogP contribution < -0.4 is 0 Å². The maximum atomic E-state index is 11.5. The van der Waals surface area contributed by atoms with Gasteiger partial charge in [0.25, 0.3) is 0 Å². The van der Waals surface area contributed by atoms with Crippen LogP contribution in [0.5, 0.6) is 0 Å². The SMILES string of the molecule is COC(=O)C1=C(C)O[C@H](CSc2nccn2C)C1. The van der Waals surface area contributed by atoms with Crippen LogP contribution in [0.2, 0.25) is 0 Å². The fourth-order valence-electron chi connectivity index (χ4n) is 1.84. The molecule has 18 heavy (non-hydrogen) atoms. The van der Waals surface area contributed by atoms with E-state index >= 15 is 0 Å². The van der Waals surface area contributed by atoms with E-state index in [1.54, 1.807) is 24.9 Å². The van der Waals surface area contributed by atoms with Crippen LogP contribution >= 0.6 is 11.8 Å². The van der Waals surface area contributed by atoms with Crippen molar-refractivity contribution >= 4 is 17.7 Å². The number of rotatable bonds is 4. The third-order valence-electron chi connectivity index (χ3n) is 2.81. The first-order chi connectivity index (χ1) is 8.61. The van der Waals surface area contributed by atoms with E-state index in [2.05, 4.69) is 4.98 Å². The number of imidazole rings is 1. The summed E-state index contributed by atoms with van der Waals surface area (Å²) >= 11 is 1.62. The predicted molar refractivity (Wildman–Crippen MR) is 68.1 cm³/mol. The van der Waals surface area contributed by atoms with Crippen LogP contribution in [0, 0.1) is 0 Å². The van der Waals surface area contributed by atoms with Crippen LogP contribution in [-0.4, -0.2) is 34.5 Å². The minimum atomic E-state index is -0.294. The van der Waals surface area contributed by atoms with Gasteiger partial charge in [0.2, 0.25) is 0 Å². The summed E-state index contributed by atoms with van der Waals surface area (Å²) in [5.41, 5.74) is 0.642. The Balaban J connectivity index is 1.88. The fraction of sp³-hybridized carbons (Fsp3) is 0.500. The highest BCUT2D eigenvalue weighted by Gasteiger charge is 2.28. The Morgan fingerprint density at radius 1 is 1.72 bits per heavy atom. The van der Waals surface area contributed by atoms with E-state index in [-0.39, 0.29) is 12.1 Å². The van der Waals surface area contributed by atoms with Crippen molar-refractivity contribution in [1.29, 1.82) is 0 Å². The Kier molecular flexibility index (Phi) is 3.96. The molecule has 1 aromatic rings. The molecule has 98 valence electrons. The van der Waals surface area contributed by atoms with Crippen molar-refractivity contribution in [3.8, 4) is 0 Å². The maximum absolute atomic E-state index is 11.5. The van der Waals surface area contributed by atoms with E-state index < -0.39 is 0 Å². The van der Waals surface area contributed by atoms with Gasteiger partial charge in [0.1, 0.15) is 11.9 Å². The highest BCUT2D eigenvalue weighted by Crippen LogP contribution is 2.29. The average molecular weight is 268 g/mol. The predicted octanol–water partition coefficient (Wildman–Crippen LogP) is 1.75. The summed E-state index contributed by atoms with van der Waals surface area (Å²) in [5.74, 6) is 1.15. The molecule has 0 amide bonds. The molecule has 0 aliphatic carbocycles. The second-order valence-electron chi connectivity index (χ2n) is 4.10. The molecule has 0 radical (unpaired) electrons. The number of nitrogens with zero attached hydrogens (tertiary/aromatic N) is 2. The number of methoxy groups -OCH3 is 1. The lowest BCUT2D eigenvalue weighted by atomic mass is 10.1. The van der Waals surface area contributed by atoms with Crippen LogP contribution in [0.4, 0.5) is 0 Å². The van der Waals surface area contributed by atoms with E-state index in [9.17, 15) is 4.79 Å². The molecule has 0 N–H and O–H groups in total. The molecule has 1 aromatic heterocycles. The molecule has 1 aliphatic rings. The number of hydrogen-bond donors (Lipinski definition) is 0. The highest BCUT2D eigenvalue weighted by molar-refractivity contribution is 7.99. The normalized spacial score (nSPS) is 18.9. The van der Waals surface area contributed by atoms with Gasteiger partial charge >= 0.3 is 5.97 Å². The summed E-state index contributed by atoms with van der Waals surface area (Å²) in [4.78, 5) is 15.7. The molecule has 2 heterocycles. The first-order valence-corrected chi connectivity index (χ1v) is 6.65. The van der Waals surface area contributed by atoms with E-state index in [4.69, 9.17) is 9.47 Å². The molecule has 1 atom stereocenters. The maximum Gasteiger partial charge on any atom is 0.337 e. The molecular weight excluding hydrogens is 252 g/mol. The van der Waals surface area contributed by atoms with Crippen LogP contribution in [0.25, 0.3) is 0 Å². The van der Waals surface area contributed by atoms with Crippen molar-refractivity contribution in [3.63, 3.8) is 0 Å². The molecule has 5 nitrogen and oxygen atoms in total. The minimum Gasteiger partial charge on any atom is -0.493 e. The van der Waals surface area contributed by atoms with Crippen LogP contribution in [0.1, 0.15) is 13.3 Å². The number of aryl methyl sites for hydroxylation is 1. The van der Waals surface area contributed by atoms with Crippen molar-refractivity contribution < 1.29 is 14.3 Å². The van der Waals surface area contributed by atoms with Gasteiger partial charge in [-0.15, -0.1) is 0 Å². The summed E-state index contributed by atoms with van der Waals surface area (Å²) in [6, 6.07) is 0. The van der Waals surface area contributed by atoms with E-state index in [1.807, 2.05) is 17.8 Å². The highest BCUT2D eigenvalue weighted by atomic mass is 32.2. The summed E-state index contributed by atoms with van der Waals surface area (Å²) in [6.45, 7) is 1.80. The molecule has 0 fully saturated rings. The van der Waals surface area contributed by atoms with Gasteiger partial charge in [0.05, 0.1) is 12.7 Å². The number of esters is 1. The Morgan fingerprint density at radius 2 is 2.50 bits per heavy atom. The average Bonchev–Trinajstić information content (AvgIpc) is 2.92. The van der Waals surface area contributed by atoms with Crippen molar-refractivity contribution in [2.45, 2.75) is 24.6 Å². The summed E-state index contributed by atoms with van der Waals surface area (Å²) in [6.07, 6.45) is 4.29. The lowest BCUT2D eigenvalue weighted by Crippen LogP contribution is -2.12. The van der Waals surface area contributed by atoms with E-state index in [1.165, 1.54) is 7.11 Å². The van der Waals surface area contributed by atoms with Crippen molar-refractivity contribution in [3.05, 3.63) is 23.7 Å². The number of ether oxygens (including phenoxy) is 2. The van der Waals surface area contributed by atoms with Crippen molar-refractivity contribution in [1.82, 2.24) is 9.55 Å². The van der Waals surface area contributed by atoms with E-state index in [0.717, 1.165) is 10.9 Å². The third-order valence-corrected chi connectivity index (χ3v) is 4.00. The molecule has 0 unspecified atom stereocenters.